The topological polar surface area (TPSA) is 63.9 Å². The molecule has 0 bridgehead atoms. The number of amides is 1. The van der Waals surface area contributed by atoms with Gasteiger partial charge in [0, 0.05) is 24.6 Å². The van der Waals surface area contributed by atoms with Gasteiger partial charge in [0.05, 0.1) is 17.5 Å². The number of hydrogen-bond donors (Lipinski definition) is 0. The Hall–Kier alpha value is -3.15. The van der Waals surface area contributed by atoms with Crippen molar-refractivity contribution in [3.8, 4) is 0 Å². The summed E-state index contributed by atoms with van der Waals surface area (Å²) in [6.07, 6.45) is 8.03. The average molecular weight is 403 g/mol. The molecule has 154 valence electrons. The lowest BCUT2D eigenvalue weighted by Gasteiger charge is -2.32. The van der Waals surface area contributed by atoms with Crippen LogP contribution in [-0.2, 0) is 27.4 Å². The van der Waals surface area contributed by atoms with Crippen LogP contribution in [0.3, 0.4) is 0 Å². The summed E-state index contributed by atoms with van der Waals surface area (Å²) in [6.45, 7) is 0.822. The molecule has 3 aromatic rings. The van der Waals surface area contributed by atoms with Crippen LogP contribution >= 0.6 is 0 Å². The molecule has 3 heterocycles. The van der Waals surface area contributed by atoms with Crippen LogP contribution in [0.5, 0.6) is 0 Å². The molecule has 0 spiro atoms. The SMILES string of the molecule is O=C(OCc1cn2ccccc2n1)C1CCCCC1C(=O)N1CCc2ccccc21. The van der Waals surface area contributed by atoms with Crippen molar-refractivity contribution in [3.05, 3.63) is 66.1 Å². The minimum absolute atomic E-state index is 0.0642. The van der Waals surface area contributed by atoms with E-state index in [2.05, 4.69) is 11.1 Å². The Morgan fingerprint density at radius 1 is 1.03 bits per heavy atom. The maximum atomic E-state index is 13.4. The van der Waals surface area contributed by atoms with Gasteiger partial charge in [0.2, 0.25) is 5.91 Å². The summed E-state index contributed by atoms with van der Waals surface area (Å²) >= 11 is 0. The molecule has 6 nitrogen and oxygen atoms in total. The standard InChI is InChI=1S/C24H25N3O3/c28-23(27-14-12-17-7-1-4-10-21(17)27)19-8-2-3-9-20(19)24(29)30-16-18-15-26-13-6-5-11-22(26)25-18/h1,4-7,10-11,13,15,19-20H,2-3,8-9,12,14,16H2. The first-order valence-electron chi connectivity index (χ1n) is 10.7. The number of anilines is 1. The number of benzene rings is 1. The highest BCUT2D eigenvalue weighted by Gasteiger charge is 2.40. The maximum Gasteiger partial charge on any atom is 0.310 e. The number of carbonyl (C=O) groups is 2. The number of para-hydroxylation sites is 1. The predicted molar refractivity (Wildman–Crippen MR) is 113 cm³/mol. The summed E-state index contributed by atoms with van der Waals surface area (Å²) in [7, 11) is 0. The van der Waals surface area contributed by atoms with Gasteiger partial charge in [0.1, 0.15) is 12.3 Å². The number of rotatable bonds is 4. The molecule has 1 fully saturated rings. The van der Waals surface area contributed by atoms with E-state index in [0.29, 0.717) is 18.7 Å². The van der Waals surface area contributed by atoms with Crippen LogP contribution in [0.25, 0.3) is 5.65 Å². The Morgan fingerprint density at radius 2 is 1.83 bits per heavy atom. The summed E-state index contributed by atoms with van der Waals surface area (Å²) in [5.74, 6) is -0.901. The van der Waals surface area contributed by atoms with E-state index in [4.69, 9.17) is 4.74 Å². The second-order valence-electron chi connectivity index (χ2n) is 8.17. The molecule has 0 radical (unpaired) electrons. The molecule has 2 atom stereocenters. The van der Waals surface area contributed by atoms with Crippen molar-refractivity contribution in [1.82, 2.24) is 9.38 Å². The van der Waals surface area contributed by atoms with Crippen LogP contribution in [0.15, 0.2) is 54.9 Å². The van der Waals surface area contributed by atoms with E-state index in [1.807, 2.05) is 58.1 Å². The number of imidazole rings is 1. The largest absolute Gasteiger partial charge is 0.459 e. The number of nitrogens with zero attached hydrogens (tertiary/aromatic N) is 3. The molecule has 0 N–H and O–H groups in total. The van der Waals surface area contributed by atoms with Gasteiger partial charge in [-0.1, -0.05) is 37.1 Å². The molecule has 2 aliphatic rings. The Kier molecular flexibility index (Phi) is 4.99. The summed E-state index contributed by atoms with van der Waals surface area (Å²) < 4.78 is 7.53. The lowest BCUT2D eigenvalue weighted by molar-refractivity contribution is -0.155. The first kappa shape index (κ1) is 18.9. The molecule has 1 aromatic carbocycles. The second-order valence-corrected chi connectivity index (χ2v) is 8.17. The van der Waals surface area contributed by atoms with Crippen molar-refractivity contribution in [3.63, 3.8) is 0 Å². The summed E-state index contributed by atoms with van der Waals surface area (Å²) in [5.41, 5.74) is 3.72. The van der Waals surface area contributed by atoms with Gasteiger partial charge in [-0.05, 0) is 43.0 Å². The van der Waals surface area contributed by atoms with Gasteiger partial charge in [-0.3, -0.25) is 9.59 Å². The van der Waals surface area contributed by atoms with Crippen molar-refractivity contribution < 1.29 is 14.3 Å². The zero-order valence-electron chi connectivity index (χ0n) is 16.9. The lowest BCUT2D eigenvalue weighted by Crippen LogP contribution is -2.42. The first-order valence-corrected chi connectivity index (χ1v) is 10.7. The number of pyridine rings is 1. The summed E-state index contributed by atoms with van der Waals surface area (Å²) in [5, 5.41) is 0. The van der Waals surface area contributed by atoms with Gasteiger partial charge in [0.15, 0.2) is 0 Å². The van der Waals surface area contributed by atoms with Crippen LogP contribution in [0.1, 0.15) is 36.9 Å². The predicted octanol–water partition coefficient (Wildman–Crippen LogP) is 3.77. The van der Waals surface area contributed by atoms with Gasteiger partial charge in [-0.2, -0.15) is 0 Å². The number of esters is 1. The van der Waals surface area contributed by atoms with Crippen molar-refractivity contribution in [1.29, 1.82) is 0 Å². The fourth-order valence-corrected chi connectivity index (χ4v) is 4.78. The third-order valence-corrected chi connectivity index (χ3v) is 6.32. The molecular formula is C24H25N3O3. The van der Waals surface area contributed by atoms with Gasteiger partial charge < -0.3 is 14.0 Å². The third kappa shape index (κ3) is 3.47. The fraction of sp³-hybridized carbons (Fsp3) is 0.375. The number of fused-ring (bicyclic) bond motifs is 2. The molecule has 1 amide bonds. The van der Waals surface area contributed by atoms with Crippen molar-refractivity contribution >= 4 is 23.2 Å². The molecular weight excluding hydrogens is 378 g/mol. The van der Waals surface area contributed by atoms with Gasteiger partial charge in [-0.25, -0.2) is 4.98 Å². The normalized spacial score (nSPS) is 20.9. The van der Waals surface area contributed by atoms with Crippen LogP contribution in [-0.4, -0.2) is 27.8 Å². The summed E-state index contributed by atoms with van der Waals surface area (Å²) in [6, 6.07) is 13.8. The molecule has 2 unspecified atom stereocenters. The van der Waals surface area contributed by atoms with Crippen LogP contribution in [0.2, 0.25) is 0 Å². The van der Waals surface area contributed by atoms with E-state index < -0.39 is 0 Å². The van der Waals surface area contributed by atoms with E-state index in [1.165, 1.54) is 5.56 Å². The molecule has 6 heteroatoms. The van der Waals surface area contributed by atoms with E-state index in [1.54, 1.807) is 0 Å². The maximum absolute atomic E-state index is 13.4. The number of ether oxygens (including phenoxy) is 1. The minimum Gasteiger partial charge on any atom is -0.459 e. The highest BCUT2D eigenvalue weighted by atomic mass is 16.5. The fourth-order valence-electron chi connectivity index (χ4n) is 4.78. The quantitative estimate of drug-likeness (QED) is 0.622. The monoisotopic (exact) mass is 403 g/mol. The number of carbonyl (C=O) groups excluding carboxylic acids is 2. The Balaban J connectivity index is 1.28. The second kappa shape index (κ2) is 7.94. The van der Waals surface area contributed by atoms with Crippen LogP contribution < -0.4 is 4.90 Å². The van der Waals surface area contributed by atoms with Gasteiger partial charge >= 0.3 is 5.97 Å². The molecule has 0 saturated heterocycles. The van der Waals surface area contributed by atoms with E-state index in [9.17, 15) is 9.59 Å². The highest BCUT2D eigenvalue weighted by molar-refractivity contribution is 5.99. The van der Waals surface area contributed by atoms with Crippen molar-refractivity contribution in [2.75, 3.05) is 11.4 Å². The smallest absolute Gasteiger partial charge is 0.310 e. The zero-order valence-corrected chi connectivity index (χ0v) is 16.9. The molecule has 1 aliphatic carbocycles. The highest BCUT2D eigenvalue weighted by Crippen LogP contribution is 2.36. The van der Waals surface area contributed by atoms with Gasteiger partial charge in [0.25, 0.3) is 0 Å². The van der Waals surface area contributed by atoms with Crippen LogP contribution in [0, 0.1) is 11.8 Å². The lowest BCUT2D eigenvalue weighted by atomic mass is 9.78. The van der Waals surface area contributed by atoms with E-state index in [-0.39, 0.29) is 30.3 Å². The first-order chi connectivity index (χ1) is 14.7. The number of hydrogen-bond acceptors (Lipinski definition) is 4. The Bertz CT molecular complexity index is 1060. The molecule has 30 heavy (non-hydrogen) atoms. The zero-order chi connectivity index (χ0) is 20.5. The molecule has 1 aliphatic heterocycles. The molecule has 5 rings (SSSR count). The Morgan fingerprint density at radius 3 is 2.70 bits per heavy atom. The molecule has 2 aromatic heterocycles. The van der Waals surface area contributed by atoms with Crippen molar-refractivity contribution in [2.24, 2.45) is 11.8 Å². The van der Waals surface area contributed by atoms with E-state index >= 15 is 0 Å². The van der Waals surface area contributed by atoms with Crippen LogP contribution in [0.4, 0.5) is 5.69 Å². The minimum atomic E-state index is -0.379. The third-order valence-electron chi connectivity index (χ3n) is 6.32. The van der Waals surface area contributed by atoms with Crippen molar-refractivity contribution in [2.45, 2.75) is 38.7 Å². The molecule has 1 saturated carbocycles. The van der Waals surface area contributed by atoms with Gasteiger partial charge in [-0.15, -0.1) is 0 Å². The summed E-state index contributed by atoms with van der Waals surface area (Å²) in [4.78, 5) is 32.7. The Labute approximate surface area is 175 Å². The van der Waals surface area contributed by atoms with E-state index in [0.717, 1.165) is 37.0 Å². The number of aromatic nitrogens is 2. The average Bonchev–Trinajstić information content (AvgIpc) is 3.41.